The third-order valence-corrected chi connectivity index (χ3v) is 3.51. The molecule has 7 nitrogen and oxygen atoms in total. The van der Waals surface area contributed by atoms with Crippen molar-refractivity contribution in [1.29, 1.82) is 0 Å². The van der Waals surface area contributed by atoms with Crippen LogP contribution in [-0.2, 0) is 22.0 Å². The molecule has 1 aromatic heterocycles. The minimum atomic E-state index is -3.46. The average Bonchev–Trinajstić information content (AvgIpc) is 2.62. The smallest absolute Gasteiger partial charge is 0.277 e. The SMILES string of the molecule is CC(C)NS(=O)(=O)NCCc1noc(C(C)(C)C)n1. The summed E-state index contributed by atoms with van der Waals surface area (Å²) in [5.41, 5.74) is -0.204. The summed E-state index contributed by atoms with van der Waals surface area (Å²) in [6, 6.07) is -0.143. The third-order valence-electron chi connectivity index (χ3n) is 2.14. The van der Waals surface area contributed by atoms with Crippen molar-refractivity contribution in [3.63, 3.8) is 0 Å². The lowest BCUT2D eigenvalue weighted by atomic mass is 9.97. The predicted molar refractivity (Wildman–Crippen MR) is 71.9 cm³/mol. The van der Waals surface area contributed by atoms with Gasteiger partial charge in [-0.2, -0.15) is 18.1 Å². The maximum absolute atomic E-state index is 11.5. The van der Waals surface area contributed by atoms with Gasteiger partial charge < -0.3 is 4.52 Å². The van der Waals surface area contributed by atoms with E-state index < -0.39 is 10.2 Å². The van der Waals surface area contributed by atoms with E-state index in [9.17, 15) is 8.42 Å². The van der Waals surface area contributed by atoms with E-state index >= 15 is 0 Å². The molecule has 0 aliphatic carbocycles. The predicted octanol–water partition coefficient (Wildman–Crippen LogP) is 0.742. The number of rotatable bonds is 6. The van der Waals surface area contributed by atoms with Crippen molar-refractivity contribution in [1.82, 2.24) is 19.6 Å². The number of hydrogen-bond acceptors (Lipinski definition) is 5. The Bertz CT molecular complexity index is 502. The monoisotopic (exact) mass is 290 g/mol. The molecule has 1 aromatic rings. The van der Waals surface area contributed by atoms with Crippen LogP contribution in [0.3, 0.4) is 0 Å². The van der Waals surface area contributed by atoms with Crippen LogP contribution in [-0.4, -0.2) is 31.1 Å². The molecule has 8 heteroatoms. The van der Waals surface area contributed by atoms with Crippen molar-refractivity contribution in [2.24, 2.45) is 0 Å². The second-order valence-electron chi connectivity index (χ2n) is 5.69. The molecule has 0 bridgehead atoms. The first-order valence-corrected chi connectivity index (χ1v) is 7.68. The Morgan fingerprint density at radius 3 is 2.42 bits per heavy atom. The standard InChI is InChI=1S/C11H22N4O3S/c1-8(2)15-19(16,17)12-7-6-9-13-10(18-14-9)11(3,4)5/h8,12,15H,6-7H2,1-5H3. The van der Waals surface area contributed by atoms with Crippen molar-refractivity contribution in [3.8, 4) is 0 Å². The molecule has 0 aliphatic rings. The molecule has 2 N–H and O–H groups in total. The third kappa shape index (κ3) is 5.66. The van der Waals surface area contributed by atoms with Crippen molar-refractivity contribution in [3.05, 3.63) is 11.7 Å². The Labute approximate surface area is 114 Å². The lowest BCUT2D eigenvalue weighted by Crippen LogP contribution is -2.41. The van der Waals surface area contributed by atoms with E-state index in [-0.39, 0.29) is 18.0 Å². The van der Waals surface area contributed by atoms with Gasteiger partial charge in [0.1, 0.15) is 0 Å². The first kappa shape index (κ1) is 16.1. The lowest BCUT2D eigenvalue weighted by Gasteiger charge is -2.10. The summed E-state index contributed by atoms with van der Waals surface area (Å²) >= 11 is 0. The molecule has 1 heterocycles. The Morgan fingerprint density at radius 1 is 1.32 bits per heavy atom. The fourth-order valence-corrected chi connectivity index (χ4v) is 2.38. The highest BCUT2D eigenvalue weighted by molar-refractivity contribution is 7.87. The van der Waals surface area contributed by atoms with Gasteiger partial charge in [0.2, 0.25) is 5.89 Å². The molecule has 0 fully saturated rings. The first-order valence-electron chi connectivity index (χ1n) is 6.20. The second-order valence-corrected chi connectivity index (χ2v) is 7.22. The van der Waals surface area contributed by atoms with Gasteiger partial charge in [-0.25, -0.2) is 4.72 Å². The highest BCUT2D eigenvalue weighted by atomic mass is 32.2. The molecule has 0 aromatic carbocycles. The van der Waals surface area contributed by atoms with Crippen LogP contribution >= 0.6 is 0 Å². The summed E-state index contributed by atoms with van der Waals surface area (Å²) < 4.78 is 33.0. The zero-order valence-electron chi connectivity index (χ0n) is 12.0. The number of nitrogens with zero attached hydrogens (tertiary/aromatic N) is 2. The van der Waals surface area contributed by atoms with Crippen molar-refractivity contribution < 1.29 is 12.9 Å². The van der Waals surface area contributed by atoms with Crippen LogP contribution in [0.5, 0.6) is 0 Å². The summed E-state index contributed by atoms with van der Waals surface area (Å²) in [6.45, 7) is 9.66. The van der Waals surface area contributed by atoms with E-state index in [0.717, 1.165) is 0 Å². The van der Waals surface area contributed by atoms with Gasteiger partial charge in [-0.3, -0.25) is 0 Å². The van der Waals surface area contributed by atoms with E-state index in [4.69, 9.17) is 4.52 Å². The lowest BCUT2D eigenvalue weighted by molar-refractivity contribution is 0.318. The Balaban J connectivity index is 2.48. The van der Waals surface area contributed by atoms with Gasteiger partial charge in [0, 0.05) is 24.4 Å². The fourth-order valence-electron chi connectivity index (χ4n) is 1.31. The van der Waals surface area contributed by atoms with Gasteiger partial charge in [-0.05, 0) is 13.8 Å². The Morgan fingerprint density at radius 2 is 1.95 bits per heavy atom. The van der Waals surface area contributed by atoms with Crippen LogP contribution in [0, 0.1) is 0 Å². The van der Waals surface area contributed by atoms with Crippen molar-refractivity contribution in [2.75, 3.05) is 6.54 Å². The number of aromatic nitrogens is 2. The highest BCUT2D eigenvalue weighted by Gasteiger charge is 2.21. The van der Waals surface area contributed by atoms with Gasteiger partial charge >= 0.3 is 0 Å². The Kier molecular flexibility index (Phi) is 5.05. The van der Waals surface area contributed by atoms with Gasteiger partial charge in [-0.15, -0.1) is 0 Å². The van der Waals surface area contributed by atoms with Crippen molar-refractivity contribution >= 4 is 10.2 Å². The molecule has 19 heavy (non-hydrogen) atoms. The molecule has 0 saturated heterocycles. The van der Waals surface area contributed by atoms with E-state index in [1.165, 1.54) is 0 Å². The molecule has 0 saturated carbocycles. The quantitative estimate of drug-likeness (QED) is 0.805. The van der Waals surface area contributed by atoms with E-state index in [1.807, 2.05) is 20.8 Å². The molecule has 0 spiro atoms. The zero-order chi connectivity index (χ0) is 14.7. The summed E-state index contributed by atoms with van der Waals surface area (Å²) in [6.07, 6.45) is 0.387. The summed E-state index contributed by atoms with van der Waals surface area (Å²) in [7, 11) is -3.46. The summed E-state index contributed by atoms with van der Waals surface area (Å²) in [4.78, 5) is 4.23. The minimum absolute atomic E-state index is 0.143. The molecule has 0 radical (unpaired) electrons. The fraction of sp³-hybridized carbons (Fsp3) is 0.818. The van der Waals surface area contributed by atoms with Crippen LogP contribution in [0.25, 0.3) is 0 Å². The first-order chi connectivity index (χ1) is 8.60. The Hall–Kier alpha value is -0.990. The largest absolute Gasteiger partial charge is 0.339 e. The normalized spacial score (nSPS) is 13.2. The van der Waals surface area contributed by atoms with Gasteiger partial charge in [0.05, 0.1) is 0 Å². The van der Waals surface area contributed by atoms with Crippen LogP contribution < -0.4 is 9.44 Å². The zero-order valence-corrected chi connectivity index (χ0v) is 12.8. The van der Waals surface area contributed by atoms with E-state index in [1.54, 1.807) is 13.8 Å². The highest BCUT2D eigenvalue weighted by Crippen LogP contribution is 2.19. The van der Waals surface area contributed by atoms with Gasteiger partial charge in [0.25, 0.3) is 10.2 Å². The molecule has 0 unspecified atom stereocenters. The number of nitrogens with one attached hydrogen (secondary N) is 2. The maximum Gasteiger partial charge on any atom is 0.277 e. The molecule has 0 aliphatic heterocycles. The van der Waals surface area contributed by atoms with Crippen molar-refractivity contribution in [2.45, 2.75) is 52.5 Å². The molecular weight excluding hydrogens is 268 g/mol. The maximum atomic E-state index is 11.5. The molecular formula is C11H22N4O3S. The van der Waals surface area contributed by atoms with E-state index in [2.05, 4.69) is 19.6 Å². The minimum Gasteiger partial charge on any atom is -0.339 e. The molecule has 0 atom stereocenters. The van der Waals surface area contributed by atoms with Crippen LogP contribution in [0.4, 0.5) is 0 Å². The molecule has 1 rings (SSSR count). The average molecular weight is 290 g/mol. The number of hydrogen-bond donors (Lipinski definition) is 2. The second kappa shape index (κ2) is 5.98. The van der Waals surface area contributed by atoms with E-state index in [0.29, 0.717) is 18.1 Å². The van der Waals surface area contributed by atoms with Crippen LogP contribution in [0.1, 0.15) is 46.3 Å². The molecule has 0 amide bonds. The summed E-state index contributed by atoms with van der Waals surface area (Å²) in [5.74, 6) is 1.04. The molecule has 110 valence electrons. The van der Waals surface area contributed by atoms with Crippen LogP contribution in [0.15, 0.2) is 4.52 Å². The summed E-state index contributed by atoms with van der Waals surface area (Å²) in [5, 5.41) is 3.82. The van der Waals surface area contributed by atoms with Crippen LogP contribution in [0.2, 0.25) is 0 Å². The topological polar surface area (TPSA) is 97.1 Å². The van der Waals surface area contributed by atoms with Gasteiger partial charge in [-0.1, -0.05) is 25.9 Å². The van der Waals surface area contributed by atoms with Gasteiger partial charge in [0.15, 0.2) is 5.82 Å².